The van der Waals surface area contributed by atoms with E-state index in [1.807, 2.05) is 17.9 Å². The lowest BCUT2D eigenvalue weighted by molar-refractivity contribution is -0.183. The number of rotatable bonds is 5. The molecule has 202 valence electrons. The number of phenols is 1. The predicted molar refractivity (Wildman–Crippen MR) is 141 cm³/mol. The average molecular weight is 520 g/mol. The molecule has 0 saturated carbocycles. The summed E-state index contributed by atoms with van der Waals surface area (Å²) in [5.41, 5.74) is 3.92. The molecule has 2 fully saturated rings. The molecule has 2 saturated heterocycles. The second-order valence-corrected chi connectivity index (χ2v) is 12.1. The molecule has 3 atom stereocenters. The Morgan fingerprint density at radius 2 is 1.89 bits per heavy atom. The number of fused-ring (bicyclic) bond motifs is 4. The van der Waals surface area contributed by atoms with Crippen molar-refractivity contribution in [2.45, 2.75) is 76.4 Å². The third-order valence-electron chi connectivity index (χ3n) is 9.57. The lowest BCUT2D eigenvalue weighted by Gasteiger charge is -2.55. The summed E-state index contributed by atoms with van der Waals surface area (Å²) in [5, 5.41) is 19.9. The number of carboxylic acid groups (broad SMARTS) is 1. The Hall–Kier alpha value is -3.06. The van der Waals surface area contributed by atoms with E-state index in [4.69, 9.17) is 9.47 Å². The third kappa shape index (κ3) is 4.55. The van der Waals surface area contributed by atoms with Gasteiger partial charge in [-0.05, 0) is 80.0 Å². The van der Waals surface area contributed by atoms with E-state index in [0.717, 1.165) is 43.2 Å². The number of para-hydroxylation sites is 1. The van der Waals surface area contributed by atoms with Crippen LogP contribution in [0, 0.1) is 11.3 Å². The number of aryl methyl sites for hydroxylation is 2. The molecule has 7 heteroatoms. The molecule has 38 heavy (non-hydrogen) atoms. The molecule has 7 nitrogen and oxygen atoms in total. The normalized spacial score (nSPS) is 27.2. The minimum atomic E-state index is -0.865. The summed E-state index contributed by atoms with van der Waals surface area (Å²) in [6.07, 6.45) is 6.54. The number of benzene rings is 2. The van der Waals surface area contributed by atoms with Gasteiger partial charge in [-0.3, -0.25) is 9.59 Å². The topological polar surface area (TPSA) is 96.3 Å². The second kappa shape index (κ2) is 9.60. The molecular formula is C31H37NO6. The number of phenolic OH excluding ortho intramolecular Hbond substituents is 1. The molecular weight excluding hydrogens is 482 g/mol. The van der Waals surface area contributed by atoms with Crippen LogP contribution in [0.5, 0.6) is 11.5 Å². The second-order valence-electron chi connectivity index (χ2n) is 12.1. The summed E-state index contributed by atoms with van der Waals surface area (Å²) in [6, 6.07) is 11.8. The summed E-state index contributed by atoms with van der Waals surface area (Å²) in [6.45, 7) is 3.95. The zero-order valence-corrected chi connectivity index (χ0v) is 22.1. The van der Waals surface area contributed by atoms with Crippen LogP contribution >= 0.6 is 0 Å². The molecule has 0 unspecified atom stereocenters. The summed E-state index contributed by atoms with van der Waals surface area (Å²) in [7, 11) is 0. The molecule has 1 aliphatic carbocycles. The Kier molecular flexibility index (Phi) is 6.37. The van der Waals surface area contributed by atoms with Crippen molar-refractivity contribution in [1.29, 1.82) is 0 Å². The van der Waals surface area contributed by atoms with Crippen LogP contribution in [0.3, 0.4) is 0 Å². The molecule has 1 amide bonds. The minimum Gasteiger partial charge on any atom is -0.504 e. The van der Waals surface area contributed by atoms with Gasteiger partial charge < -0.3 is 24.6 Å². The van der Waals surface area contributed by atoms with Gasteiger partial charge in [0, 0.05) is 31.0 Å². The number of hydrogen-bond donors (Lipinski definition) is 2. The number of piperidine rings is 1. The van der Waals surface area contributed by atoms with Crippen LogP contribution in [0.1, 0.15) is 73.8 Å². The van der Waals surface area contributed by atoms with Gasteiger partial charge in [-0.2, -0.15) is 0 Å². The Bertz CT molecular complexity index is 1250. The monoisotopic (exact) mass is 519 g/mol. The Morgan fingerprint density at radius 1 is 1.11 bits per heavy atom. The molecule has 3 aliphatic heterocycles. The fourth-order valence-corrected chi connectivity index (χ4v) is 7.24. The van der Waals surface area contributed by atoms with Crippen LogP contribution in [0.25, 0.3) is 0 Å². The maximum absolute atomic E-state index is 13.2. The zero-order valence-electron chi connectivity index (χ0n) is 22.1. The van der Waals surface area contributed by atoms with E-state index in [9.17, 15) is 19.8 Å². The smallest absolute Gasteiger partial charge is 0.303 e. The van der Waals surface area contributed by atoms with Crippen molar-refractivity contribution in [3.8, 4) is 11.5 Å². The van der Waals surface area contributed by atoms with Gasteiger partial charge in [0.15, 0.2) is 11.5 Å². The standard InChI is InChI=1S/C31H37NO6/c1-30(11-10-27(35)36)24-18-31(19-37-28(24)23-6-3-7-25(33)29(23)38-30)12-14-32(15-13-31)26(34)17-20-8-9-21-4-2-5-22(21)16-20/h3,6-9,16,24,28,33H,2,4-5,10-15,17-19H2,1H3,(H,35,36)/t24-,28+,30+/m1/s1. The van der Waals surface area contributed by atoms with Crippen molar-refractivity contribution in [1.82, 2.24) is 4.90 Å². The van der Waals surface area contributed by atoms with E-state index in [1.54, 1.807) is 12.1 Å². The highest BCUT2D eigenvalue weighted by molar-refractivity contribution is 5.79. The van der Waals surface area contributed by atoms with Gasteiger partial charge in [0.1, 0.15) is 5.60 Å². The van der Waals surface area contributed by atoms with E-state index < -0.39 is 11.6 Å². The lowest BCUT2D eigenvalue weighted by Crippen LogP contribution is -2.56. The highest BCUT2D eigenvalue weighted by atomic mass is 16.5. The first-order chi connectivity index (χ1) is 18.3. The Morgan fingerprint density at radius 3 is 2.68 bits per heavy atom. The molecule has 1 spiro atoms. The average Bonchev–Trinajstić information content (AvgIpc) is 3.37. The van der Waals surface area contributed by atoms with Crippen molar-refractivity contribution in [2.75, 3.05) is 19.7 Å². The van der Waals surface area contributed by atoms with Gasteiger partial charge in [0.25, 0.3) is 0 Å². The van der Waals surface area contributed by atoms with Gasteiger partial charge in [-0.15, -0.1) is 0 Å². The third-order valence-corrected chi connectivity index (χ3v) is 9.57. The largest absolute Gasteiger partial charge is 0.504 e. The number of aliphatic carboxylic acids is 1. The van der Waals surface area contributed by atoms with Crippen molar-refractivity contribution >= 4 is 11.9 Å². The van der Waals surface area contributed by atoms with Crippen LogP contribution in [-0.2, 0) is 33.6 Å². The lowest BCUT2D eigenvalue weighted by atomic mass is 9.63. The highest BCUT2D eigenvalue weighted by Crippen LogP contribution is 2.58. The summed E-state index contributed by atoms with van der Waals surface area (Å²) in [5.74, 6) is -0.259. The zero-order chi connectivity index (χ0) is 26.5. The molecule has 2 aromatic rings. The molecule has 0 aromatic heterocycles. The highest BCUT2D eigenvalue weighted by Gasteiger charge is 2.55. The SMILES string of the molecule is C[C@@]1(CCC(=O)O)Oc2c(O)cccc2[C@@H]2OCC3(CCN(C(=O)Cc4ccc5c(c4)CCC5)CC3)C[C@H]21. The van der Waals surface area contributed by atoms with Crippen molar-refractivity contribution in [2.24, 2.45) is 11.3 Å². The maximum atomic E-state index is 13.2. The molecule has 2 aromatic carbocycles. The number of aromatic hydroxyl groups is 1. The number of carbonyl (C=O) groups is 2. The number of ether oxygens (including phenoxy) is 2. The number of carbonyl (C=O) groups excluding carboxylic acids is 1. The first kappa shape index (κ1) is 25.2. The fourth-order valence-electron chi connectivity index (χ4n) is 7.24. The van der Waals surface area contributed by atoms with Crippen LogP contribution in [-0.4, -0.2) is 52.3 Å². The van der Waals surface area contributed by atoms with Crippen molar-refractivity contribution < 1.29 is 29.3 Å². The quantitative estimate of drug-likeness (QED) is 0.588. The van der Waals surface area contributed by atoms with Crippen LogP contribution in [0.4, 0.5) is 0 Å². The van der Waals surface area contributed by atoms with E-state index >= 15 is 0 Å². The molecule has 3 heterocycles. The summed E-state index contributed by atoms with van der Waals surface area (Å²) < 4.78 is 13.0. The van der Waals surface area contributed by atoms with E-state index in [2.05, 4.69) is 18.2 Å². The molecule has 0 radical (unpaired) electrons. The van der Waals surface area contributed by atoms with Crippen LogP contribution in [0.2, 0.25) is 0 Å². The van der Waals surface area contributed by atoms with Gasteiger partial charge >= 0.3 is 5.97 Å². The molecule has 0 bridgehead atoms. The van der Waals surface area contributed by atoms with E-state index in [-0.39, 0.29) is 35.5 Å². The van der Waals surface area contributed by atoms with Crippen molar-refractivity contribution in [3.63, 3.8) is 0 Å². The van der Waals surface area contributed by atoms with Gasteiger partial charge in [0.05, 0.1) is 19.1 Å². The molecule has 4 aliphatic rings. The number of nitrogens with zero attached hydrogens (tertiary/aromatic N) is 1. The molecule has 2 N–H and O–H groups in total. The number of amides is 1. The Balaban J connectivity index is 1.16. The van der Waals surface area contributed by atoms with Gasteiger partial charge in [-0.25, -0.2) is 0 Å². The first-order valence-corrected chi connectivity index (χ1v) is 14.0. The summed E-state index contributed by atoms with van der Waals surface area (Å²) in [4.78, 5) is 26.6. The first-order valence-electron chi connectivity index (χ1n) is 14.0. The van der Waals surface area contributed by atoms with Crippen LogP contribution < -0.4 is 4.74 Å². The van der Waals surface area contributed by atoms with Crippen LogP contribution in [0.15, 0.2) is 36.4 Å². The number of carboxylic acids is 1. The number of hydrogen-bond acceptors (Lipinski definition) is 5. The van der Waals surface area contributed by atoms with Gasteiger partial charge in [0.2, 0.25) is 5.91 Å². The fraction of sp³-hybridized carbons (Fsp3) is 0.548. The van der Waals surface area contributed by atoms with E-state index in [1.165, 1.54) is 17.5 Å². The maximum Gasteiger partial charge on any atom is 0.303 e. The predicted octanol–water partition coefficient (Wildman–Crippen LogP) is 4.83. The summed E-state index contributed by atoms with van der Waals surface area (Å²) >= 11 is 0. The van der Waals surface area contributed by atoms with Crippen molar-refractivity contribution in [3.05, 3.63) is 58.7 Å². The molecule has 6 rings (SSSR count). The van der Waals surface area contributed by atoms with Gasteiger partial charge in [-0.1, -0.05) is 30.3 Å². The number of likely N-dealkylation sites (tertiary alicyclic amines) is 1. The Labute approximate surface area is 223 Å². The minimum absolute atomic E-state index is 0.0133. The van der Waals surface area contributed by atoms with E-state index in [0.29, 0.717) is 38.3 Å².